The van der Waals surface area contributed by atoms with Gasteiger partial charge in [-0.25, -0.2) is 0 Å². The van der Waals surface area contributed by atoms with E-state index in [1.54, 1.807) is 0 Å². The van der Waals surface area contributed by atoms with Crippen LogP contribution in [0.15, 0.2) is 170 Å². The van der Waals surface area contributed by atoms with Gasteiger partial charge < -0.3 is 8.80 Å². The fourth-order valence-corrected chi connectivity index (χ4v) is 13.8. The molecule has 326 valence electrons. The van der Waals surface area contributed by atoms with Crippen molar-refractivity contribution in [3.8, 4) is 22.3 Å². The SMILES string of the molecule is CC(C)(C)c1ccc2c(c1)c1c3c4ccc(C5(C)c6ccccc6-c6ccccc65)cc4n4c5ccc(C(C)(C)C)cc5c(c5c6ccc(C7(C)c8ccccc8-c8ccccc87)cc6n2c15)c34. The molecule has 4 aromatic heterocycles. The summed E-state index contributed by atoms with van der Waals surface area (Å²) in [6.07, 6.45) is 0. The highest BCUT2D eigenvalue weighted by Gasteiger charge is 2.43. The van der Waals surface area contributed by atoms with Crippen molar-refractivity contribution >= 4 is 76.2 Å². The summed E-state index contributed by atoms with van der Waals surface area (Å²) >= 11 is 0. The monoisotopic (exact) mass is 872 g/mol. The molecule has 13 aromatic rings. The van der Waals surface area contributed by atoms with Crippen LogP contribution in [0.5, 0.6) is 0 Å². The lowest BCUT2D eigenvalue weighted by molar-refractivity contribution is 0.591. The van der Waals surface area contributed by atoms with Crippen LogP contribution in [0.1, 0.15) is 99.9 Å². The molecule has 2 aliphatic rings. The average Bonchev–Trinajstić information content (AvgIpc) is 4.16. The Balaban J connectivity index is 1.13. The standard InChI is InChI=1S/C66H52N2/c1-63(2,3)37-27-31-53-47(33-37)59-57-45-29-25-40(66(8)51-23-15-11-19-43(51)44-20-12-16-24-52(44)66)36-56(45)68-54-32-28-38(64(4,5)6)34-48(54)60(62(57)68)58-46-30-26-39(35-55(46)67(53)61(58)59)65(7)49-21-13-9-17-41(49)42-18-10-14-22-50(42)65/h9-36H,1-8H3. The quantitative estimate of drug-likeness (QED) is 0.164. The number of nitrogens with zero attached hydrogens (tertiary/aromatic N) is 2. The summed E-state index contributed by atoms with van der Waals surface area (Å²) in [6, 6.07) is 65.9. The normalized spacial score (nSPS) is 15.3. The number of rotatable bonds is 2. The van der Waals surface area contributed by atoms with Crippen molar-refractivity contribution in [3.05, 3.63) is 214 Å². The number of hydrogen-bond acceptors (Lipinski definition) is 0. The molecule has 0 atom stereocenters. The van der Waals surface area contributed by atoms with Crippen molar-refractivity contribution in [2.45, 2.75) is 77.0 Å². The van der Waals surface area contributed by atoms with Crippen molar-refractivity contribution in [2.24, 2.45) is 0 Å². The van der Waals surface area contributed by atoms with Crippen molar-refractivity contribution in [3.63, 3.8) is 0 Å². The second-order valence-corrected chi connectivity index (χ2v) is 22.7. The van der Waals surface area contributed by atoms with Crippen molar-refractivity contribution in [1.82, 2.24) is 8.80 Å². The first-order valence-corrected chi connectivity index (χ1v) is 24.6. The Morgan fingerprint density at radius 3 is 0.985 bits per heavy atom. The minimum absolute atomic E-state index is 0.0166. The Morgan fingerprint density at radius 1 is 0.324 bits per heavy atom. The third-order valence-electron chi connectivity index (χ3n) is 17.3. The van der Waals surface area contributed by atoms with E-state index in [4.69, 9.17) is 0 Å². The molecular formula is C66H52N2. The van der Waals surface area contributed by atoms with Gasteiger partial charge in [0.1, 0.15) is 0 Å². The van der Waals surface area contributed by atoms with Crippen molar-refractivity contribution in [1.29, 1.82) is 0 Å². The Labute approximate surface area is 396 Å². The maximum absolute atomic E-state index is 2.66. The molecule has 15 rings (SSSR count). The smallest absolute Gasteiger partial charge is 0.0634 e. The van der Waals surface area contributed by atoms with Crippen LogP contribution in [0.25, 0.3) is 98.4 Å². The molecular weight excluding hydrogens is 821 g/mol. The van der Waals surface area contributed by atoms with E-state index < -0.39 is 0 Å². The minimum Gasteiger partial charge on any atom is -0.308 e. The molecule has 0 amide bonds. The van der Waals surface area contributed by atoms with Crippen LogP contribution in [0.2, 0.25) is 0 Å². The summed E-state index contributed by atoms with van der Waals surface area (Å²) in [6.45, 7) is 19.0. The van der Waals surface area contributed by atoms with Gasteiger partial charge in [0.2, 0.25) is 0 Å². The molecule has 0 unspecified atom stereocenters. The maximum Gasteiger partial charge on any atom is 0.0634 e. The summed E-state index contributed by atoms with van der Waals surface area (Å²) < 4.78 is 5.32. The lowest BCUT2D eigenvalue weighted by atomic mass is 9.74. The van der Waals surface area contributed by atoms with E-state index in [1.807, 2.05) is 0 Å². The van der Waals surface area contributed by atoms with Gasteiger partial charge >= 0.3 is 0 Å². The summed E-state index contributed by atoms with van der Waals surface area (Å²) in [5.74, 6) is 0. The predicted molar refractivity (Wildman–Crippen MR) is 288 cm³/mol. The van der Waals surface area contributed by atoms with E-state index in [1.165, 1.54) is 143 Å². The average molecular weight is 873 g/mol. The third-order valence-corrected chi connectivity index (χ3v) is 17.3. The Hall–Kier alpha value is -7.42. The van der Waals surface area contributed by atoms with Gasteiger partial charge in [0.15, 0.2) is 0 Å². The summed E-state index contributed by atoms with van der Waals surface area (Å²) in [5, 5.41) is 10.7. The first-order valence-electron chi connectivity index (χ1n) is 24.6. The third kappa shape index (κ3) is 4.46. The fraction of sp³-hybridized carbons (Fsp3) is 0.182. The largest absolute Gasteiger partial charge is 0.308 e. The summed E-state index contributed by atoms with van der Waals surface area (Å²) in [4.78, 5) is 0. The highest BCUT2D eigenvalue weighted by molar-refractivity contribution is 6.45. The van der Waals surface area contributed by atoms with Crippen LogP contribution < -0.4 is 0 Å². The van der Waals surface area contributed by atoms with E-state index in [2.05, 4.69) is 234 Å². The van der Waals surface area contributed by atoms with E-state index in [0.717, 1.165) is 0 Å². The molecule has 2 heteroatoms. The predicted octanol–water partition coefficient (Wildman–Crippen LogP) is 17.3. The Kier molecular flexibility index (Phi) is 7.03. The van der Waals surface area contributed by atoms with Crippen LogP contribution in [0.3, 0.4) is 0 Å². The van der Waals surface area contributed by atoms with Gasteiger partial charge in [0.25, 0.3) is 0 Å². The topological polar surface area (TPSA) is 8.82 Å². The van der Waals surface area contributed by atoms with Gasteiger partial charge in [-0.1, -0.05) is 175 Å². The van der Waals surface area contributed by atoms with E-state index >= 15 is 0 Å². The molecule has 0 radical (unpaired) electrons. The summed E-state index contributed by atoms with van der Waals surface area (Å²) in [7, 11) is 0. The number of aromatic nitrogens is 2. The molecule has 68 heavy (non-hydrogen) atoms. The van der Waals surface area contributed by atoms with E-state index in [-0.39, 0.29) is 21.7 Å². The van der Waals surface area contributed by atoms with Crippen LogP contribution in [0, 0.1) is 0 Å². The molecule has 0 bridgehead atoms. The minimum atomic E-state index is -0.310. The van der Waals surface area contributed by atoms with E-state index in [9.17, 15) is 0 Å². The first-order chi connectivity index (χ1) is 32.8. The molecule has 4 heterocycles. The molecule has 2 nitrogen and oxygen atoms in total. The second kappa shape index (κ2) is 12.4. The fourth-order valence-electron chi connectivity index (χ4n) is 13.8. The van der Waals surface area contributed by atoms with Crippen LogP contribution in [-0.4, -0.2) is 8.80 Å². The van der Waals surface area contributed by atoms with Crippen LogP contribution in [0.4, 0.5) is 0 Å². The zero-order valence-electron chi connectivity index (χ0n) is 40.1. The van der Waals surface area contributed by atoms with Gasteiger partial charge in [0.05, 0.1) is 33.1 Å². The van der Waals surface area contributed by atoms with Gasteiger partial charge in [-0.2, -0.15) is 0 Å². The van der Waals surface area contributed by atoms with Gasteiger partial charge in [-0.05, 0) is 128 Å². The van der Waals surface area contributed by atoms with Gasteiger partial charge in [-0.15, -0.1) is 0 Å². The molecule has 9 aromatic carbocycles. The Morgan fingerprint density at radius 2 is 0.647 bits per heavy atom. The highest BCUT2D eigenvalue weighted by Crippen LogP contribution is 2.57. The molecule has 0 fully saturated rings. The number of hydrogen-bond donors (Lipinski definition) is 0. The molecule has 0 saturated heterocycles. The van der Waals surface area contributed by atoms with E-state index in [0.29, 0.717) is 0 Å². The first kappa shape index (κ1) is 38.7. The Bertz CT molecular complexity index is 3990. The molecule has 0 N–H and O–H groups in total. The van der Waals surface area contributed by atoms with Gasteiger partial charge in [0, 0.05) is 53.9 Å². The zero-order valence-corrected chi connectivity index (χ0v) is 40.1. The number of benzene rings is 9. The van der Waals surface area contributed by atoms with Crippen LogP contribution in [-0.2, 0) is 21.7 Å². The lowest BCUT2D eigenvalue weighted by Gasteiger charge is -2.28. The summed E-state index contributed by atoms with van der Waals surface area (Å²) in [5.41, 5.74) is 23.3. The molecule has 0 spiro atoms. The highest BCUT2D eigenvalue weighted by atomic mass is 14.9. The van der Waals surface area contributed by atoms with Crippen molar-refractivity contribution < 1.29 is 0 Å². The molecule has 2 aliphatic carbocycles. The van der Waals surface area contributed by atoms with Crippen LogP contribution >= 0.6 is 0 Å². The number of fused-ring (bicyclic) bond motifs is 20. The second-order valence-electron chi connectivity index (χ2n) is 22.7. The van der Waals surface area contributed by atoms with Gasteiger partial charge in [-0.3, -0.25) is 0 Å². The molecule has 0 saturated carbocycles. The van der Waals surface area contributed by atoms with Crippen molar-refractivity contribution in [2.75, 3.05) is 0 Å². The maximum atomic E-state index is 2.66. The lowest BCUT2D eigenvalue weighted by Crippen LogP contribution is -2.22. The molecule has 0 aliphatic heterocycles. The zero-order chi connectivity index (χ0) is 46.0.